The van der Waals surface area contributed by atoms with Crippen LogP contribution in [0.5, 0.6) is 0 Å². The average molecular weight is 429 g/mol. The molecular weight excluding hydrogens is 404 g/mol. The number of nitrogens with zero attached hydrogens (tertiary/aromatic N) is 4. The Hall–Kier alpha value is -2.78. The molecule has 0 saturated carbocycles. The number of piperidine rings is 1. The van der Waals surface area contributed by atoms with Gasteiger partial charge in [0.05, 0.1) is 10.6 Å². The quantitative estimate of drug-likeness (QED) is 0.634. The highest BCUT2D eigenvalue weighted by Gasteiger charge is 2.28. The molecule has 1 aliphatic rings. The van der Waals surface area contributed by atoms with Crippen molar-refractivity contribution in [1.29, 1.82) is 0 Å². The Labute approximate surface area is 175 Å². The fraction of sp³-hybridized carbons (Fsp3) is 0.381. The summed E-state index contributed by atoms with van der Waals surface area (Å²) in [5, 5.41) is 8.35. The SMILES string of the molecule is Cc1ccc(-c2ccc(=O)n(-c3c(C)noc3C)n2)cc1S(=O)(=O)N1CCCCC1. The van der Waals surface area contributed by atoms with E-state index < -0.39 is 10.0 Å². The van der Waals surface area contributed by atoms with Gasteiger partial charge in [0.2, 0.25) is 10.0 Å². The van der Waals surface area contributed by atoms with Crippen LogP contribution in [-0.4, -0.2) is 40.7 Å². The molecule has 0 radical (unpaired) electrons. The van der Waals surface area contributed by atoms with E-state index in [4.69, 9.17) is 4.52 Å². The van der Waals surface area contributed by atoms with Crippen LogP contribution in [0, 0.1) is 20.8 Å². The van der Waals surface area contributed by atoms with Gasteiger partial charge in [0.15, 0.2) is 5.76 Å². The number of aryl methyl sites for hydroxylation is 3. The van der Waals surface area contributed by atoms with Gasteiger partial charge in [-0.15, -0.1) is 0 Å². The molecule has 1 aliphatic heterocycles. The summed E-state index contributed by atoms with van der Waals surface area (Å²) in [5.74, 6) is 0.483. The number of hydrogen-bond acceptors (Lipinski definition) is 6. The summed E-state index contributed by atoms with van der Waals surface area (Å²) >= 11 is 0. The number of benzene rings is 1. The summed E-state index contributed by atoms with van der Waals surface area (Å²) in [5.41, 5.74) is 2.53. The van der Waals surface area contributed by atoms with Crippen molar-refractivity contribution in [3.05, 3.63) is 57.7 Å². The van der Waals surface area contributed by atoms with Crippen LogP contribution in [0.4, 0.5) is 0 Å². The van der Waals surface area contributed by atoms with Gasteiger partial charge in [0.1, 0.15) is 11.4 Å². The second-order valence-electron chi connectivity index (χ2n) is 7.59. The maximum atomic E-state index is 13.2. The van der Waals surface area contributed by atoms with E-state index in [1.54, 1.807) is 43.3 Å². The third-order valence-corrected chi connectivity index (χ3v) is 7.47. The number of hydrogen-bond donors (Lipinski definition) is 0. The van der Waals surface area contributed by atoms with Gasteiger partial charge in [0.25, 0.3) is 5.56 Å². The molecule has 0 atom stereocenters. The van der Waals surface area contributed by atoms with Crippen LogP contribution < -0.4 is 5.56 Å². The van der Waals surface area contributed by atoms with Crippen LogP contribution in [0.2, 0.25) is 0 Å². The van der Waals surface area contributed by atoms with Gasteiger partial charge in [-0.05, 0) is 51.3 Å². The van der Waals surface area contributed by atoms with E-state index in [1.165, 1.54) is 10.7 Å². The number of rotatable bonds is 4. The van der Waals surface area contributed by atoms with Gasteiger partial charge in [-0.2, -0.15) is 14.1 Å². The zero-order valence-corrected chi connectivity index (χ0v) is 18.1. The average Bonchev–Trinajstić information content (AvgIpc) is 3.07. The molecule has 2 aromatic heterocycles. The molecule has 8 nitrogen and oxygen atoms in total. The Morgan fingerprint density at radius 2 is 1.73 bits per heavy atom. The van der Waals surface area contributed by atoms with E-state index in [0.717, 1.165) is 19.3 Å². The lowest BCUT2D eigenvalue weighted by atomic mass is 10.1. The molecule has 158 valence electrons. The Bertz CT molecular complexity index is 1230. The lowest BCUT2D eigenvalue weighted by Crippen LogP contribution is -2.35. The summed E-state index contributed by atoms with van der Waals surface area (Å²) < 4.78 is 34.4. The Morgan fingerprint density at radius 1 is 1.00 bits per heavy atom. The van der Waals surface area contributed by atoms with Crippen molar-refractivity contribution in [3.8, 4) is 16.9 Å². The van der Waals surface area contributed by atoms with Crippen LogP contribution in [0.15, 0.2) is 44.5 Å². The topological polar surface area (TPSA) is 98.3 Å². The third kappa shape index (κ3) is 3.59. The molecule has 0 N–H and O–H groups in total. The summed E-state index contributed by atoms with van der Waals surface area (Å²) in [6.45, 7) is 6.33. The monoisotopic (exact) mass is 428 g/mol. The largest absolute Gasteiger partial charge is 0.359 e. The van der Waals surface area contributed by atoms with Gasteiger partial charge in [-0.25, -0.2) is 8.42 Å². The minimum Gasteiger partial charge on any atom is -0.359 e. The normalized spacial score (nSPS) is 15.4. The molecule has 1 aromatic carbocycles. The Balaban J connectivity index is 1.80. The van der Waals surface area contributed by atoms with Crippen LogP contribution in [0.25, 0.3) is 16.9 Å². The van der Waals surface area contributed by atoms with Gasteiger partial charge in [-0.1, -0.05) is 23.7 Å². The van der Waals surface area contributed by atoms with Crippen LogP contribution >= 0.6 is 0 Å². The van der Waals surface area contributed by atoms with Crippen LogP contribution in [0.1, 0.15) is 36.3 Å². The van der Waals surface area contributed by atoms with Gasteiger partial charge in [0, 0.05) is 24.7 Å². The van der Waals surface area contributed by atoms with E-state index >= 15 is 0 Å². The summed E-state index contributed by atoms with van der Waals surface area (Å²) in [7, 11) is -3.59. The first-order chi connectivity index (χ1) is 14.3. The van der Waals surface area contributed by atoms with Crippen LogP contribution in [0.3, 0.4) is 0 Å². The van der Waals surface area contributed by atoms with Crippen molar-refractivity contribution in [2.24, 2.45) is 0 Å². The summed E-state index contributed by atoms with van der Waals surface area (Å²) in [6.07, 6.45) is 2.81. The van der Waals surface area contributed by atoms with Crippen molar-refractivity contribution in [2.75, 3.05) is 13.1 Å². The molecule has 1 saturated heterocycles. The van der Waals surface area contributed by atoms with Crippen molar-refractivity contribution in [1.82, 2.24) is 19.2 Å². The smallest absolute Gasteiger partial charge is 0.271 e. The van der Waals surface area contributed by atoms with E-state index in [2.05, 4.69) is 10.3 Å². The Morgan fingerprint density at radius 3 is 2.40 bits per heavy atom. The minimum atomic E-state index is -3.59. The van der Waals surface area contributed by atoms with Gasteiger partial charge in [-0.3, -0.25) is 4.79 Å². The third-order valence-electron chi connectivity index (χ3n) is 5.42. The Kier molecular flexibility index (Phi) is 5.33. The first-order valence-corrected chi connectivity index (χ1v) is 11.4. The predicted octanol–water partition coefficient (Wildman–Crippen LogP) is 2.99. The molecule has 0 bridgehead atoms. The van der Waals surface area contributed by atoms with E-state index in [9.17, 15) is 13.2 Å². The lowest BCUT2D eigenvalue weighted by Gasteiger charge is -2.26. The maximum Gasteiger partial charge on any atom is 0.271 e. The molecule has 30 heavy (non-hydrogen) atoms. The fourth-order valence-electron chi connectivity index (χ4n) is 3.79. The van der Waals surface area contributed by atoms with Crippen molar-refractivity contribution < 1.29 is 12.9 Å². The number of aromatic nitrogens is 3. The molecular formula is C21H24N4O4S. The first-order valence-electron chi connectivity index (χ1n) is 9.94. The summed E-state index contributed by atoms with van der Waals surface area (Å²) in [6, 6.07) is 8.24. The second-order valence-corrected chi connectivity index (χ2v) is 9.49. The zero-order chi connectivity index (χ0) is 21.5. The van der Waals surface area contributed by atoms with Crippen molar-refractivity contribution in [3.63, 3.8) is 0 Å². The fourth-order valence-corrected chi connectivity index (χ4v) is 5.56. The van der Waals surface area contributed by atoms with E-state index in [1.807, 2.05) is 6.07 Å². The number of sulfonamides is 1. The minimum absolute atomic E-state index is 0.277. The lowest BCUT2D eigenvalue weighted by molar-refractivity contribution is 0.346. The zero-order valence-electron chi connectivity index (χ0n) is 17.3. The summed E-state index contributed by atoms with van der Waals surface area (Å²) in [4.78, 5) is 12.7. The highest BCUT2D eigenvalue weighted by Crippen LogP contribution is 2.28. The first kappa shape index (κ1) is 20.5. The van der Waals surface area contributed by atoms with E-state index in [-0.39, 0.29) is 10.5 Å². The molecule has 9 heteroatoms. The molecule has 0 spiro atoms. The molecule has 3 aromatic rings. The highest BCUT2D eigenvalue weighted by atomic mass is 32.2. The molecule has 0 unspecified atom stereocenters. The van der Waals surface area contributed by atoms with Crippen molar-refractivity contribution in [2.45, 2.75) is 44.9 Å². The molecule has 0 amide bonds. The van der Waals surface area contributed by atoms with E-state index in [0.29, 0.717) is 47.1 Å². The van der Waals surface area contributed by atoms with Crippen LogP contribution in [-0.2, 0) is 10.0 Å². The van der Waals surface area contributed by atoms with Crippen molar-refractivity contribution >= 4 is 10.0 Å². The second kappa shape index (κ2) is 7.81. The standard InChI is InChI=1S/C21H24N4O4S/c1-14-7-8-17(13-19(14)30(27,28)24-11-5-4-6-12-24)18-9-10-20(26)25(22-18)21-15(2)23-29-16(21)3/h7-10,13H,4-6,11-12H2,1-3H3. The predicted molar refractivity (Wildman–Crippen MR) is 112 cm³/mol. The molecule has 1 fully saturated rings. The molecule has 0 aliphatic carbocycles. The molecule has 4 rings (SSSR count). The molecule has 3 heterocycles. The maximum absolute atomic E-state index is 13.2. The van der Waals surface area contributed by atoms with Gasteiger partial charge >= 0.3 is 0 Å². The van der Waals surface area contributed by atoms with Gasteiger partial charge < -0.3 is 4.52 Å². The highest BCUT2D eigenvalue weighted by molar-refractivity contribution is 7.89.